The monoisotopic (exact) mass is 334 g/mol. The Kier molecular flexibility index (Phi) is 4.18. The summed E-state index contributed by atoms with van der Waals surface area (Å²) in [5.41, 5.74) is 1.42. The summed E-state index contributed by atoms with van der Waals surface area (Å²) in [5, 5.41) is 8.25. The van der Waals surface area contributed by atoms with Gasteiger partial charge in [-0.3, -0.25) is 0 Å². The third-order valence-electron chi connectivity index (χ3n) is 3.06. The lowest BCUT2D eigenvalue weighted by Crippen LogP contribution is -2.05. The van der Waals surface area contributed by atoms with Crippen LogP contribution in [0.4, 0.5) is 11.6 Å². The number of para-hydroxylation sites is 2. The van der Waals surface area contributed by atoms with Crippen molar-refractivity contribution in [1.29, 1.82) is 0 Å². The number of anilines is 2. The van der Waals surface area contributed by atoms with Crippen LogP contribution in [0.25, 0.3) is 5.69 Å². The van der Waals surface area contributed by atoms with Gasteiger partial charge in [0.25, 0.3) is 0 Å². The van der Waals surface area contributed by atoms with E-state index in [-0.39, 0.29) is 0 Å². The Hall–Kier alpha value is -2.24. The molecule has 3 rings (SSSR count). The minimum Gasteiger partial charge on any atom is -0.495 e. The maximum Gasteiger partial charge on any atom is 0.230 e. The molecule has 22 heavy (non-hydrogen) atoms. The third-order valence-corrected chi connectivity index (χ3v) is 3.87. The first-order chi connectivity index (χ1) is 10.7. The summed E-state index contributed by atoms with van der Waals surface area (Å²) in [6, 6.07) is 12.9. The van der Waals surface area contributed by atoms with E-state index in [1.54, 1.807) is 23.9 Å². The molecule has 0 aliphatic carbocycles. The predicted molar refractivity (Wildman–Crippen MR) is 87.7 cm³/mol. The zero-order valence-electron chi connectivity index (χ0n) is 11.6. The highest BCUT2D eigenvalue weighted by Crippen LogP contribution is 2.31. The van der Waals surface area contributed by atoms with Crippen molar-refractivity contribution in [3.8, 4) is 11.4 Å². The highest BCUT2D eigenvalue weighted by atomic mass is 35.5. The van der Waals surface area contributed by atoms with Gasteiger partial charge in [-0.25, -0.2) is 0 Å². The van der Waals surface area contributed by atoms with Crippen LogP contribution in [-0.2, 0) is 0 Å². The Labute approximate surface area is 137 Å². The summed E-state index contributed by atoms with van der Waals surface area (Å²) >= 11 is 12.3. The number of nitrogens with one attached hydrogen (secondary N) is 1. The van der Waals surface area contributed by atoms with E-state index in [1.165, 1.54) is 6.33 Å². The molecule has 1 heterocycles. The maximum absolute atomic E-state index is 6.25. The van der Waals surface area contributed by atoms with Gasteiger partial charge in [0.1, 0.15) is 12.1 Å². The fourth-order valence-electron chi connectivity index (χ4n) is 2.03. The van der Waals surface area contributed by atoms with E-state index in [0.717, 1.165) is 5.69 Å². The van der Waals surface area contributed by atoms with E-state index in [1.807, 2.05) is 30.3 Å². The second-order valence-corrected chi connectivity index (χ2v) is 5.18. The molecule has 0 bridgehead atoms. The molecule has 0 atom stereocenters. The topological polar surface area (TPSA) is 52.0 Å². The highest BCUT2D eigenvalue weighted by molar-refractivity contribution is 6.43. The summed E-state index contributed by atoms with van der Waals surface area (Å²) in [6.07, 6.45) is 1.44. The zero-order valence-corrected chi connectivity index (χ0v) is 13.1. The number of hydrogen-bond donors (Lipinski definition) is 1. The lowest BCUT2D eigenvalue weighted by Gasteiger charge is -2.12. The van der Waals surface area contributed by atoms with Crippen LogP contribution in [0, 0.1) is 0 Å². The Morgan fingerprint density at radius 3 is 2.73 bits per heavy atom. The normalized spacial score (nSPS) is 10.5. The average molecular weight is 335 g/mol. The van der Waals surface area contributed by atoms with E-state index < -0.39 is 0 Å². The van der Waals surface area contributed by atoms with Gasteiger partial charge in [-0.2, -0.15) is 14.8 Å². The number of ether oxygens (including phenoxy) is 1. The van der Waals surface area contributed by atoms with Crippen molar-refractivity contribution in [2.75, 3.05) is 12.4 Å². The highest BCUT2D eigenvalue weighted by Gasteiger charge is 2.13. The van der Waals surface area contributed by atoms with Crippen molar-refractivity contribution >= 4 is 34.8 Å². The fourth-order valence-corrected chi connectivity index (χ4v) is 2.40. The van der Waals surface area contributed by atoms with Gasteiger partial charge in [-0.1, -0.05) is 41.4 Å². The number of benzene rings is 2. The molecular formula is C15H12Cl2N4O. The van der Waals surface area contributed by atoms with E-state index in [4.69, 9.17) is 27.9 Å². The molecule has 0 fully saturated rings. The molecule has 112 valence electrons. The van der Waals surface area contributed by atoms with Gasteiger partial charge in [-0.05, 0) is 24.3 Å². The largest absolute Gasteiger partial charge is 0.495 e. The van der Waals surface area contributed by atoms with Crippen molar-refractivity contribution < 1.29 is 4.74 Å². The number of aromatic nitrogens is 3. The van der Waals surface area contributed by atoms with Gasteiger partial charge in [-0.15, -0.1) is 0 Å². The third kappa shape index (κ3) is 2.73. The molecule has 0 amide bonds. The van der Waals surface area contributed by atoms with Crippen molar-refractivity contribution in [2.45, 2.75) is 0 Å². The van der Waals surface area contributed by atoms with E-state index >= 15 is 0 Å². The number of halogens is 2. The molecule has 7 heteroatoms. The molecule has 0 unspecified atom stereocenters. The molecule has 1 N–H and O–H groups in total. The maximum atomic E-state index is 6.25. The molecule has 0 aliphatic rings. The quantitative estimate of drug-likeness (QED) is 0.771. The van der Waals surface area contributed by atoms with Crippen LogP contribution in [0.3, 0.4) is 0 Å². The zero-order chi connectivity index (χ0) is 15.5. The predicted octanol–water partition coefficient (Wildman–Crippen LogP) is 4.33. The summed E-state index contributed by atoms with van der Waals surface area (Å²) in [6.45, 7) is 0. The standard InChI is InChI=1S/C15H12Cl2N4O/c1-22-13-8-3-2-6-11(13)20-15-18-9-19-21(15)12-7-4-5-10(16)14(12)17/h2-9H,1H3,(H,18,19,20). The van der Waals surface area contributed by atoms with Crippen LogP contribution in [-0.4, -0.2) is 21.9 Å². The van der Waals surface area contributed by atoms with Crippen LogP contribution >= 0.6 is 23.2 Å². The molecule has 3 aromatic rings. The first kappa shape index (κ1) is 14.7. The summed E-state index contributed by atoms with van der Waals surface area (Å²) in [4.78, 5) is 4.22. The molecule has 0 saturated heterocycles. The van der Waals surface area contributed by atoms with Crippen LogP contribution in [0.15, 0.2) is 48.8 Å². The Morgan fingerprint density at radius 1 is 1.09 bits per heavy atom. The first-order valence-corrected chi connectivity index (χ1v) is 7.20. The number of rotatable bonds is 4. The van der Waals surface area contributed by atoms with Crippen LogP contribution < -0.4 is 10.1 Å². The van der Waals surface area contributed by atoms with Crippen LogP contribution in [0.1, 0.15) is 0 Å². The van der Waals surface area contributed by atoms with Gasteiger partial charge in [0.15, 0.2) is 0 Å². The van der Waals surface area contributed by atoms with Crippen molar-refractivity contribution in [2.24, 2.45) is 0 Å². The van der Waals surface area contributed by atoms with Crippen molar-refractivity contribution in [1.82, 2.24) is 14.8 Å². The summed E-state index contributed by atoms with van der Waals surface area (Å²) in [7, 11) is 1.61. The minimum atomic E-state index is 0.415. The van der Waals surface area contributed by atoms with Crippen molar-refractivity contribution in [3.63, 3.8) is 0 Å². The van der Waals surface area contributed by atoms with Crippen LogP contribution in [0.5, 0.6) is 5.75 Å². The van der Waals surface area contributed by atoms with Crippen LogP contribution in [0.2, 0.25) is 10.0 Å². The number of nitrogens with zero attached hydrogens (tertiary/aromatic N) is 3. The molecule has 2 aromatic carbocycles. The minimum absolute atomic E-state index is 0.415. The van der Waals surface area contributed by atoms with Gasteiger partial charge >= 0.3 is 0 Å². The van der Waals surface area contributed by atoms with Gasteiger partial charge < -0.3 is 10.1 Å². The van der Waals surface area contributed by atoms with Crippen molar-refractivity contribution in [3.05, 3.63) is 58.8 Å². The van der Waals surface area contributed by atoms with Gasteiger partial charge in [0.05, 0.1) is 28.5 Å². The van der Waals surface area contributed by atoms with E-state index in [2.05, 4.69) is 15.4 Å². The number of methoxy groups -OCH3 is 1. The number of hydrogen-bond acceptors (Lipinski definition) is 4. The first-order valence-electron chi connectivity index (χ1n) is 6.45. The molecular weight excluding hydrogens is 323 g/mol. The SMILES string of the molecule is COc1ccccc1Nc1ncnn1-c1cccc(Cl)c1Cl. The lowest BCUT2D eigenvalue weighted by molar-refractivity contribution is 0.417. The lowest BCUT2D eigenvalue weighted by atomic mass is 10.3. The molecule has 5 nitrogen and oxygen atoms in total. The Bertz CT molecular complexity index is 804. The summed E-state index contributed by atoms with van der Waals surface area (Å²) in [5.74, 6) is 1.21. The smallest absolute Gasteiger partial charge is 0.230 e. The van der Waals surface area contributed by atoms with E-state index in [9.17, 15) is 0 Å². The molecule has 0 spiro atoms. The Balaban J connectivity index is 2.01. The molecule has 1 aromatic heterocycles. The molecule has 0 saturated carbocycles. The second-order valence-electron chi connectivity index (χ2n) is 4.39. The van der Waals surface area contributed by atoms with Gasteiger partial charge in [0, 0.05) is 0 Å². The fraction of sp³-hybridized carbons (Fsp3) is 0.0667. The van der Waals surface area contributed by atoms with Gasteiger partial charge in [0.2, 0.25) is 5.95 Å². The average Bonchev–Trinajstić information content (AvgIpc) is 2.98. The van der Waals surface area contributed by atoms with E-state index in [0.29, 0.717) is 27.4 Å². The second kappa shape index (κ2) is 6.25. The Morgan fingerprint density at radius 2 is 1.91 bits per heavy atom. The molecule has 0 radical (unpaired) electrons. The summed E-state index contributed by atoms with van der Waals surface area (Å²) < 4.78 is 6.90. The molecule has 0 aliphatic heterocycles.